The van der Waals surface area contributed by atoms with Gasteiger partial charge >= 0.3 is 35.5 Å². The molecular formula is C28H31FN3NaO4. The Balaban J connectivity index is 0.00000200. The Labute approximate surface area is 240 Å². The summed E-state index contributed by atoms with van der Waals surface area (Å²) in [7, 11) is 0. The van der Waals surface area contributed by atoms with Crippen molar-refractivity contribution in [1.29, 1.82) is 0 Å². The number of halogens is 1. The topological polar surface area (TPSA) is 72.9 Å². The normalized spacial score (nSPS) is 16.4. The second-order valence-corrected chi connectivity index (χ2v) is 9.19. The average molecular weight is 516 g/mol. The van der Waals surface area contributed by atoms with Crippen molar-refractivity contribution in [3.63, 3.8) is 0 Å². The van der Waals surface area contributed by atoms with Crippen LogP contribution in [0, 0.1) is 19.7 Å². The molecule has 1 aromatic heterocycles. The number of pyridine rings is 1. The van der Waals surface area contributed by atoms with E-state index >= 15 is 4.39 Å². The largest absolute Gasteiger partial charge is 1.00 e. The minimum atomic E-state index is -0.364. The summed E-state index contributed by atoms with van der Waals surface area (Å²) in [6, 6.07) is 11.5. The van der Waals surface area contributed by atoms with Gasteiger partial charge in [0.25, 0.3) is 0 Å². The van der Waals surface area contributed by atoms with Crippen molar-refractivity contribution < 1.29 is 54.4 Å². The fourth-order valence-corrected chi connectivity index (χ4v) is 4.89. The molecule has 0 unspecified atom stereocenters. The summed E-state index contributed by atoms with van der Waals surface area (Å²) in [5.74, 6) is 0.455. The molecule has 2 aliphatic rings. The molecule has 9 heteroatoms. The summed E-state index contributed by atoms with van der Waals surface area (Å²) in [5.41, 5.74) is 6.79. The maximum absolute atomic E-state index is 15.1. The van der Waals surface area contributed by atoms with Crippen LogP contribution in [0.2, 0.25) is 0 Å². The molecular weight excluding hydrogens is 484 g/mol. The Bertz CT molecular complexity index is 1300. The van der Waals surface area contributed by atoms with Crippen LogP contribution in [0.15, 0.2) is 42.6 Å². The fourth-order valence-electron chi connectivity index (χ4n) is 4.89. The van der Waals surface area contributed by atoms with E-state index in [1.54, 1.807) is 12.3 Å². The summed E-state index contributed by atoms with van der Waals surface area (Å²) in [6.07, 6.45) is 1.40. The van der Waals surface area contributed by atoms with Crippen LogP contribution in [0.25, 0.3) is 11.1 Å². The van der Waals surface area contributed by atoms with Crippen LogP contribution in [0.4, 0.5) is 15.9 Å². The van der Waals surface area contributed by atoms with Crippen LogP contribution in [-0.2, 0) is 20.8 Å². The second kappa shape index (κ2) is 11.8. The van der Waals surface area contributed by atoms with Crippen LogP contribution >= 0.6 is 0 Å². The maximum atomic E-state index is 15.1. The van der Waals surface area contributed by atoms with E-state index in [1.807, 2.05) is 30.0 Å². The molecule has 0 radical (unpaired) electrons. The van der Waals surface area contributed by atoms with Gasteiger partial charge in [-0.05, 0) is 54.3 Å². The number of nitrogens with one attached hydrogen (secondary N) is 1. The van der Waals surface area contributed by atoms with Crippen LogP contribution < -0.4 is 44.5 Å². The maximum Gasteiger partial charge on any atom is 1.00 e. The van der Waals surface area contributed by atoms with E-state index < -0.39 is 0 Å². The van der Waals surface area contributed by atoms with Gasteiger partial charge in [-0.25, -0.2) is 9.37 Å². The van der Waals surface area contributed by atoms with Crippen LogP contribution in [0.1, 0.15) is 36.7 Å². The zero-order chi connectivity index (χ0) is 25.2. The summed E-state index contributed by atoms with van der Waals surface area (Å²) in [5, 5.41) is 3.45. The van der Waals surface area contributed by atoms with Crippen molar-refractivity contribution in [2.75, 3.05) is 43.1 Å². The van der Waals surface area contributed by atoms with E-state index in [-0.39, 0.29) is 48.9 Å². The quantitative estimate of drug-likeness (QED) is 0.398. The number of carbonyl (C=O) groups is 1. The third-order valence-electron chi connectivity index (χ3n) is 6.75. The number of aromatic nitrogens is 1. The van der Waals surface area contributed by atoms with E-state index in [4.69, 9.17) is 14.2 Å². The first-order chi connectivity index (χ1) is 17.4. The van der Waals surface area contributed by atoms with Gasteiger partial charge in [-0.1, -0.05) is 12.1 Å². The van der Waals surface area contributed by atoms with E-state index in [9.17, 15) is 4.79 Å². The predicted octanol–water partition coefficient (Wildman–Crippen LogP) is 2.07. The summed E-state index contributed by atoms with van der Waals surface area (Å²) < 4.78 is 31.5. The SMILES string of the molecule is CC(=O)O[C@@H]1COc2cc(NCc3ccc(C)c(-c4cnc(N5CCOCC5)c(F)c4)c3C)ccc21.[H-].[Na+]. The number of anilines is 2. The van der Waals surface area contributed by atoms with E-state index in [1.165, 1.54) is 6.92 Å². The predicted molar refractivity (Wildman–Crippen MR) is 137 cm³/mol. The summed E-state index contributed by atoms with van der Waals surface area (Å²) in [4.78, 5) is 17.7. The van der Waals surface area contributed by atoms with E-state index in [0.29, 0.717) is 45.3 Å². The van der Waals surface area contributed by atoms with Crippen molar-refractivity contribution in [3.8, 4) is 16.9 Å². The van der Waals surface area contributed by atoms with E-state index in [0.717, 1.165) is 44.8 Å². The zero-order valence-corrected chi connectivity index (χ0v) is 23.8. The third kappa shape index (κ3) is 5.93. The molecule has 1 fully saturated rings. The molecule has 0 amide bonds. The molecule has 1 N–H and O–H groups in total. The van der Waals surface area contributed by atoms with Gasteiger partial charge in [0, 0.05) is 55.6 Å². The molecule has 2 aliphatic heterocycles. The number of benzene rings is 2. The van der Waals surface area contributed by atoms with Crippen molar-refractivity contribution in [2.45, 2.75) is 33.4 Å². The van der Waals surface area contributed by atoms with Crippen molar-refractivity contribution in [2.24, 2.45) is 0 Å². The Kier molecular flexibility index (Phi) is 8.75. The molecule has 37 heavy (non-hydrogen) atoms. The van der Waals surface area contributed by atoms with Crippen LogP contribution in [0.5, 0.6) is 5.75 Å². The number of fused-ring (bicyclic) bond motifs is 1. The minimum absolute atomic E-state index is 0. The molecule has 5 rings (SSSR count). The number of hydrogen-bond donors (Lipinski definition) is 1. The second-order valence-electron chi connectivity index (χ2n) is 9.19. The molecule has 3 heterocycles. The fraction of sp³-hybridized carbons (Fsp3) is 0.357. The number of aryl methyl sites for hydroxylation is 1. The van der Waals surface area contributed by atoms with Gasteiger partial charge in [0.2, 0.25) is 0 Å². The molecule has 0 aliphatic carbocycles. The van der Waals surface area contributed by atoms with Gasteiger partial charge in [0.05, 0.1) is 13.2 Å². The molecule has 1 atom stereocenters. The molecule has 0 spiro atoms. The Morgan fingerprint density at radius 1 is 1.22 bits per heavy atom. The van der Waals surface area contributed by atoms with Gasteiger partial charge in [-0.3, -0.25) is 4.79 Å². The number of rotatable bonds is 6. The monoisotopic (exact) mass is 515 g/mol. The average Bonchev–Trinajstić information content (AvgIpc) is 3.25. The number of ether oxygens (including phenoxy) is 3. The molecule has 2 aromatic carbocycles. The summed E-state index contributed by atoms with van der Waals surface area (Å²) >= 11 is 0. The molecule has 0 bridgehead atoms. The number of carbonyl (C=O) groups excluding carboxylic acids is 1. The van der Waals surface area contributed by atoms with Gasteiger partial charge in [0.15, 0.2) is 17.7 Å². The number of esters is 1. The Hall–Kier alpha value is -2.65. The molecule has 7 nitrogen and oxygen atoms in total. The summed E-state index contributed by atoms with van der Waals surface area (Å²) in [6.45, 7) is 8.85. The van der Waals surface area contributed by atoms with Crippen molar-refractivity contribution in [1.82, 2.24) is 4.98 Å². The molecule has 1 saturated heterocycles. The Morgan fingerprint density at radius 2 is 2.00 bits per heavy atom. The smallest absolute Gasteiger partial charge is 1.00 e. The van der Waals surface area contributed by atoms with Crippen molar-refractivity contribution in [3.05, 3.63) is 70.7 Å². The van der Waals surface area contributed by atoms with Gasteiger partial charge < -0.3 is 25.9 Å². The third-order valence-corrected chi connectivity index (χ3v) is 6.75. The zero-order valence-electron chi connectivity index (χ0n) is 22.8. The number of hydrogen-bond acceptors (Lipinski definition) is 7. The molecule has 0 saturated carbocycles. The standard InChI is InChI=1S/C28H30FN3O4.Na.H/c1-17-4-5-20(14-30-22-6-7-23-25(13-22)35-16-26(23)36-19(3)33)18(2)27(17)21-12-24(29)28(31-15-21)32-8-10-34-11-9-32;;/h4-7,12-13,15,26,30H,8-11,14,16H2,1-3H3;;/q;+1;-1/t26-;;/m1../s1. The van der Waals surface area contributed by atoms with Crippen molar-refractivity contribution >= 4 is 17.5 Å². The number of nitrogens with zero attached hydrogens (tertiary/aromatic N) is 2. The first kappa shape index (κ1) is 27.4. The minimum Gasteiger partial charge on any atom is -1.00 e. The number of morpholine rings is 1. The van der Waals surface area contributed by atoms with E-state index in [2.05, 4.69) is 29.4 Å². The molecule has 190 valence electrons. The first-order valence-electron chi connectivity index (χ1n) is 12.2. The van der Waals surface area contributed by atoms with Crippen LogP contribution in [0.3, 0.4) is 0 Å². The van der Waals surface area contributed by atoms with Gasteiger partial charge in [-0.15, -0.1) is 0 Å². The van der Waals surface area contributed by atoms with Gasteiger partial charge in [-0.2, -0.15) is 0 Å². The van der Waals surface area contributed by atoms with Gasteiger partial charge in [0.1, 0.15) is 12.4 Å². The first-order valence-corrected chi connectivity index (χ1v) is 12.2. The Morgan fingerprint density at radius 3 is 2.73 bits per heavy atom. The van der Waals surface area contributed by atoms with Crippen LogP contribution in [-0.4, -0.2) is 43.9 Å². The molecule has 3 aromatic rings.